The number of nitro benzene ring substituents is 1. The quantitative estimate of drug-likeness (QED) is 0.467. The van der Waals surface area contributed by atoms with E-state index in [-0.39, 0.29) is 16.3 Å². The van der Waals surface area contributed by atoms with E-state index in [0.29, 0.717) is 12.5 Å². The molecule has 0 spiro atoms. The largest absolute Gasteiger partial charge is 0.462 e. The third-order valence-electron chi connectivity index (χ3n) is 2.84. The highest BCUT2D eigenvalue weighted by atomic mass is 35.5. The number of hydrogen-bond acceptors (Lipinski definition) is 4. The van der Waals surface area contributed by atoms with E-state index in [1.807, 2.05) is 0 Å². The highest BCUT2D eigenvalue weighted by Gasteiger charge is 2.22. The Morgan fingerprint density at radius 3 is 2.83 bits per heavy atom. The van der Waals surface area contributed by atoms with Gasteiger partial charge in [-0.15, -0.1) is 0 Å². The van der Waals surface area contributed by atoms with E-state index in [1.54, 1.807) is 0 Å². The van der Waals surface area contributed by atoms with Crippen molar-refractivity contribution in [3.05, 3.63) is 38.9 Å². The molecule has 0 amide bonds. The Hall–Kier alpha value is -1.62. The van der Waals surface area contributed by atoms with Crippen LogP contribution in [-0.2, 0) is 4.74 Å². The van der Waals surface area contributed by atoms with Gasteiger partial charge < -0.3 is 4.74 Å². The van der Waals surface area contributed by atoms with Gasteiger partial charge in [0, 0.05) is 12.1 Å². The summed E-state index contributed by atoms with van der Waals surface area (Å²) in [6.07, 6.45) is 3.22. The summed E-state index contributed by atoms with van der Waals surface area (Å²) in [5, 5.41) is 10.8. The second kappa shape index (κ2) is 5.35. The lowest BCUT2D eigenvalue weighted by Gasteiger charge is -2.05. The Morgan fingerprint density at radius 1 is 1.50 bits per heavy atom. The molecule has 96 valence electrons. The predicted octanol–water partition coefficient (Wildman–Crippen LogP) is 3.21. The third-order valence-corrected chi connectivity index (χ3v) is 3.17. The number of rotatable bonds is 5. The van der Waals surface area contributed by atoms with Crippen molar-refractivity contribution in [3.8, 4) is 0 Å². The van der Waals surface area contributed by atoms with Gasteiger partial charge in [0.2, 0.25) is 0 Å². The summed E-state index contributed by atoms with van der Waals surface area (Å²) >= 11 is 5.83. The van der Waals surface area contributed by atoms with E-state index < -0.39 is 10.9 Å². The maximum atomic E-state index is 11.7. The molecule has 6 heteroatoms. The van der Waals surface area contributed by atoms with E-state index in [9.17, 15) is 14.9 Å². The second-order valence-electron chi connectivity index (χ2n) is 4.29. The van der Waals surface area contributed by atoms with Crippen molar-refractivity contribution < 1.29 is 14.5 Å². The molecule has 0 aliphatic heterocycles. The van der Waals surface area contributed by atoms with Crippen LogP contribution >= 0.6 is 11.6 Å². The molecular weight excluding hydrogens is 258 g/mol. The van der Waals surface area contributed by atoms with Crippen LogP contribution in [0.25, 0.3) is 0 Å². The standard InChI is InChI=1S/C12H12ClNO4/c13-11-4-3-9(14(16)17)7-10(11)12(15)18-6-5-8-1-2-8/h3-4,7-8H,1-2,5-6H2. The van der Waals surface area contributed by atoms with Gasteiger partial charge in [0.1, 0.15) is 0 Å². The highest BCUT2D eigenvalue weighted by molar-refractivity contribution is 6.33. The second-order valence-corrected chi connectivity index (χ2v) is 4.70. The number of non-ortho nitro benzene ring substituents is 1. The van der Waals surface area contributed by atoms with Gasteiger partial charge in [-0.3, -0.25) is 10.1 Å². The first kappa shape index (κ1) is 12.8. The first-order valence-electron chi connectivity index (χ1n) is 5.69. The first-order chi connectivity index (χ1) is 8.58. The number of nitrogens with zero attached hydrogens (tertiary/aromatic N) is 1. The summed E-state index contributed by atoms with van der Waals surface area (Å²) in [7, 11) is 0. The molecule has 1 fully saturated rings. The normalized spacial score (nSPS) is 14.3. The third kappa shape index (κ3) is 3.20. The smallest absolute Gasteiger partial charge is 0.339 e. The van der Waals surface area contributed by atoms with Gasteiger partial charge in [-0.05, 0) is 18.4 Å². The van der Waals surface area contributed by atoms with Gasteiger partial charge in [0.25, 0.3) is 5.69 Å². The Kier molecular flexibility index (Phi) is 3.81. The minimum atomic E-state index is -0.607. The number of nitro groups is 1. The summed E-state index contributed by atoms with van der Waals surface area (Å²) in [6, 6.07) is 3.72. The van der Waals surface area contributed by atoms with Gasteiger partial charge >= 0.3 is 5.97 Å². The fraction of sp³-hybridized carbons (Fsp3) is 0.417. The van der Waals surface area contributed by atoms with Crippen LogP contribution in [-0.4, -0.2) is 17.5 Å². The average molecular weight is 270 g/mol. The fourth-order valence-corrected chi connectivity index (χ4v) is 1.78. The van der Waals surface area contributed by atoms with E-state index in [2.05, 4.69) is 0 Å². The Labute approximate surface area is 109 Å². The van der Waals surface area contributed by atoms with Crippen molar-refractivity contribution in [1.82, 2.24) is 0 Å². The summed E-state index contributed by atoms with van der Waals surface area (Å²) in [4.78, 5) is 21.7. The van der Waals surface area contributed by atoms with E-state index in [0.717, 1.165) is 12.5 Å². The zero-order chi connectivity index (χ0) is 13.1. The number of halogens is 1. The van der Waals surface area contributed by atoms with Crippen LogP contribution in [0.2, 0.25) is 5.02 Å². The van der Waals surface area contributed by atoms with Crippen molar-refractivity contribution in [2.45, 2.75) is 19.3 Å². The number of hydrogen-bond donors (Lipinski definition) is 0. The number of carbonyl (C=O) groups excluding carboxylic acids is 1. The van der Waals surface area contributed by atoms with Crippen molar-refractivity contribution >= 4 is 23.3 Å². The van der Waals surface area contributed by atoms with Crippen LogP contribution in [0.1, 0.15) is 29.6 Å². The van der Waals surface area contributed by atoms with E-state index in [1.165, 1.54) is 25.0 Å². The topological polar surface area (TPSA) is 69.4 Å². The number of ether oxygens (including phenoxy) is 1. The minimum Gasteiger partial charge on any atom is -0.462 e. The maximum absolute atomic E-state index is 11.7. The Morgan fingerprint density at radius 2 is 2.22 bits per heavy atom. The summed E-state index contributed by atoms with van der Waals surface area (Å²) < 4.78 is 5.05. The monoisotopic (exact) mass is 269 g/mol. The summed E-state index contributed by atoms with van der Waals surface area (Å²) in [5.74, 6) is 0.0581. The van der Waals surface area contributed by atoms with Gasteiger partial charge in [-0.1, -0.05) is 24.4 Å². The van der Waals surface area contributed by atoms with Crippen molar-refractivity contribution in [1.29, 1.82) is 0 Å². The van der Waals surface area contributed by atoms with Crippen molar-refractivity contribution in [2.24, 2.45) is 5.92 Å². The van der Waals surface area contributed by atoms with Crippen molar-refractivity contribution in [2.75, 3.05) is 6.61 Å². The molecule has 0 bridgehead atoms. The Bertz CT molecular complexity index is 485. The number of esters is 1. The van der Waals surface area contributed by atoms with E-state index in [4.69, 9.17) is 16.3 Å². The summed E-state index contributed by atoms with van der Waals surface area (Å²) in [5.41, 5.74) is -0.129. The van der Waals surface area contributed by atoms with Gasteiger partial charge in [-0.2, -0.15) is 0 Å². The van der Waals surface area contributed by atoms with Gasteiger partial charge in [0.15, 0.2) is 0 Å². The maximum Gasteiger partial charge on any atom is 0.339 e. The molecule has 18 heavy (non-hydrogen) atoms. The number of carbonyl (C=O) groups is 1. The van der Waals surface area contributed by atoms with Gasteiger partial charge in [-0.25, -0.2) is 4.79 Å². The molecule has 0 heterocycles. The molecular formula is C12H12ClNO4. The number of benzene rings is 1. The molecule has 1 saturated carbocycles. The molecule has 1 aromatic carbocycles. The lowest BCUT2D eigenvalue weighted by atomic mass is 10.2. The first-order valence-corrected chi connectivity index (χ1v) is 6.07. The lowest BCUT2D eigenvalue weighted by Crippen LogP contribution is -2.08. The summed E-state index contributed by atoms with van der Waals surface area (Å²) in [6.45, 7) is 0.336. The zero-order valence-corrected chi connectivity index (χ0v) is 10.4. The lowest BCUT2D eigenvalue weighted by molar-refractivity contribution is -0.384. The van der Waals surface area contributed by atoms with E-state index >= 15 is 0 Å². The molecule has 1 aliphatic rings. The fourth-order valence-electron chi connectivity index (χ4n) is 1.59. The molecule has 2 rings (SSSR count). The average Bonchev–Trinajstić information content (AvgIpc) is 3.13. The zero-order valence-electron chi connectivity index (χ0n) is 9.60. The highest BCUT2D eigenvalue weighted by Crippen LogP contribution is 2.32. The van der Waals surface area contributed by atoms with Crippen LogP contribution < -0.4 is 0 Å². The molecule has 1 aromatic rings. The Balaban J connectivity index is 2.02. The predicted molar refractivity (Wildman–Crippen MR) is 65.7 cm³/mol. The van der Waals surface area contributed by atoms with Crippen LogP contribution in [0.5, 0.6) is 0 Å². The molecule has 0 N–H and O–H groups in total. The molecule has 0 saturated heterocycles. The molecule has 0 unspecified atom stereocenters. The van der Waals surface area contributed by atoms with Crippen LogP contribution in [0, 0.1) is 16.0 Å². The molecule has 0 radical (unpaired) electrons. The molecule has 1 aliphatic carbocycles. The minimum absolute atomic E-state index is 0.0432. The molecule has 0 aromatic heterocycles. The molecule has 0 atom stereocenters. The van der Waals surface area contributed by atoms with Crippen LogP contribution in [0.3, 0.4) is 0 Å². The van der Waals surface area contributed by atoms with Crippen molar-refractivity contribution in [3.63, 3.8) is 0 Å². The van der Waals surface area contributed by atoms with Crippen LogP contribution in [0.4, 0.5) is 5.69 Å². The van der Waals surface area contributed by atoms with Crippen LogP contribution in [0.15, 0.2) is 18.2 Å². The molecule has 5 nitrogen and oxygen atoms in total. The van der Waals surface area contributed by atoms with Gasteiger partial charge in [0.05, 0.1) is 22.1 Å². The SMILES string of the molecule is O=C(OCCC1CC1)c1cc([N+](=O)[O-])ccc1Cl.